The lowest BCUT2D eigenvalue weighted by Crippen LogP contribution is -2.43. The van der Waals surface area contributed by atoms with Crippen LogP contribution in [0.4, 0.5) is 5.13 Å². The summed E-state index contributed by atoms with van der Waals surface area (Å²) in [6, 6.07) is 0.113. The Hall–Kier alpha value is -1.02. The SMILES string of the molecule is O=C(CC1COCCN1)Nc1nc(CN2CCCCC2)cs1. The molecule has 2 saturated heterocycles. The number of piperidine rings is 1. The topological polar surface area (TPSA) is 66.5 Å². The first kappa shape index (κ1) is 15.9. The van der Waals surface area contributed by atoms with Crippen LogP contribution in [0.1, 0.15) is 31.4 Å². The quantitative estimate of drug-likeness (QED) is 0.858. The van der Waals surface area contributed by atoms with E-state index in [0.717, 1.165) is 38.5 Å². The van der Waals surface area contributed by atoms with Crippen molar-refractivity contribution in [3.63, 3.8) is 0 Å². The molecule has 0 aliphatic carbocycles. The average Bonchev–Trinajstić information content (AvgIpc) is 2.96. The third-order valence-electron chi connectivity index (χ3n) is 4.06. The van der Waals surface area contributed by atoms with Gasteiger partial charge in [0.15, 0.2) is 5.13 Å². The van der Waals surface area contributed by atoms with Crippen LogP contribution >= 0.6 is 11.3 Å². The van der Waals surface area contributed by atoms with Crippen molar-refractivity contribution >= 4 is 22.4 Å². The maximum absolute atomic E-state index is 12.0. The van der Waals surface area contributed by atoms with E-state index in [2.05, 4.69) is 20.5 Å². The summed E-state index contributed by atoms with van der Waals surface area (Å²) in [7, 11) is 0. The first-order valence-electron chi connectivity index (χ1n) is 8.07. The van der Waals surface area contributed by atoms with Crippen LogP contribution in [0.15, 0.2) is 5.38 Å². The fraction of sp³-hybridized carbons (Fsp3) is 0.733. The second-order valence-corrected chi connectivity index (χ2v) is 6.82. The fourth-order valence-electron chi connectivity index (χ4n) is 2.93. The molecule has 2 aliphatic rings. The minimum absolute atomic E-state index is 0.00173. The van der Waals surface area contributed by atoms with Gasteiger partial charge in [-0.25, -0.2) is 4.98 Å². The second kappa shape index (κ2) is 8.01. The molecule has 1 atom stereocenters. The highest BCUT2D eigenvalue weighted by Crippen LogP contribution is 2.19. The average molecular weight is 324 g/mol. The zero-order chi connectivity index (χ0) is 15.2. The Morgan fingerprint density at radius 3 is 3.09 bits per heavy atom. The summed E-state index contributed by atoms with van der Waals surface area (Å²) >= 11 is 1.51. The Bertz CT molecular complexity index is 482. The number of hydrogen-bond donors (Lipinski definition) is 2. The molecule has 7 heteroatoms. The van der Waals surface area contributed by atoms with Gasteiger partial charge in [0.25, 0.3) is 0 Å². The number of amides is 1. The molecule has 0 spiro atoms. The molecule has 0 saturated carbocycles. The smallest absolute Gasteiger partial charge is 0.227 e. The lowest BCUT2D eigenvalue weighted by molar-refractivity contribution is -0.117. The van der Waals surface area contributed by atoms with Gasteiger partial charge in [0.1, 0.15) is 0 Å². The number of likely N-dealkylation sites (tertiary alicyclic amines) is 1. The molecule has 1 aromatic heterocycles. The van der Waals surface area contributed by atoms with Gasteiger partial charge in [-0.3, -0.25) is 9.69 Å². The molecule has 2 fully saturated rings. The maximum Gasteiger partial charge on any atom is 0.227 e. The predicted molar refractivity (Wildman–Crippen MR) is 87.1 cm³/mol. The van der Waals surface area contributed by atoms with Crippen LogP contribution in [0.2, 0.25) is 0 Å². The number of hydrogen-bond acceptors (Lipinski definition) is 6. The third kappa shape index (κ3) is 4.74. The molecule has 0 aromatic carbocycles. The number of ether oxygens (including phenoxy) is 1. The first-order valence-corrected chi connectivity index (χ1v) is 8.95. The second-order valence-electron chi connectivity index (χ2n) is 5.96. The summed E-state index contributed by atoms with van der Waals surface area (Å²) in [6.45, 7) is 5.36. The highest BCUT2D eigenvalue weighted by molar-refractivity contribution is 7.13. The monoisotopic (exact) mass is 324 g/mol. The van der Waals surface area contributed by atoms with Crippen molar-refractivity contribution in [3.8, 4) is 0 Å². The van der Waals surface area contributed by atoms with E-state index < -0.39 is 0 Å². The van der Waals surface area contributed by atoms with Crippen LogP contribution in [0.5, 0.6) is 0 Å². The van der Waals surface area contributed by atoms with E-state index in [4.69, 9.17) is 4.74 Å². The molecule has 22 heavy (non-hydrogen) atoms. The zero-order valence-electron chi connectivity index (χ0n) is 12.8. The Morgan fingerprint density at radius 2 is 2.32 bits per heavy atom. The van der Waals surface area contributed by atoms with Gasteiger partial charge in [-0.15, -0.1) is 11.3 Å². The lowest BCUT2D eigenvalue weighted by atomic mass is 10.1. The molecule has 122 valence electrons. The number of morpholine rings is 1. The number of carbonyl (C=O) groups excluding carboxylic acids is 1. The summed E-state index contributed by atoms with van der Waals surface area (Å²) in [4.78, 5) is 19.0. The zero-order valence-corrected chi connectivity index (χ0v) is 13.7. The summed E-state index contributed by atoms with van der Waals surface area (Å²) in [6.07, 6.45) is 4.34. The van der Waals surface area contributed by atoms with E-state index >= 15 is 0 Å². The molecule has 1 amide bonds. The summed E-state index contributed by atoms with van der Waals surface area (Å²) in [5.41, 5.74) is 1.06. The largest absolute Gasteiger partial charge is 0.378 e. The Morgan fingerprint density at radius 1 is 1.45 bits per heavy atom. The molecule has 2 N–H and O–H groups in total. The van der Waals surface area contributed by atoms with Crippen molar-refractivity contribution in [2.24, 2.45) is 0 Å². The van der Waals surface area contributed by atoms with E-state index in [1.807, 2.05) is 5.38 Å². The van der Waals surface area contributed by atoms with Crippen molar-refractivity contribution < 1.29 is 9.53 Å². The summed E-state index contributed by atoms with van der Waals surface area (Å²) in [5, 5.41) is 8.94. The molecule has 1 aromatic rings. The van der Waals surface area contributed by atoms with Gasteiger partial charge in [-0.1, -0.05) is 6.42 Å². The van der Waals surface area contributed by atoms with Gasteiger partial charge < -0.3 is 15.4 Å². The van der Waals surface area contributed by atoms with E-state index in [1.165, 1.54) is 30.6 Å². The molecule has 3 rings (SSSR count). The van der Waals surface area contributed by atoms with Crippen molar-refractivity contribution in [2.75, 3.05) is 38.2 Å². The number of aromatic nitrogens is 1. The number of thiazole rings is 1. The number of nitrogens with one attached hydrogen (secondary N) is 2. The van der Waals surface area contributed by atoms with Gasteiger partial charge in [0, 0.05) is 30.9 Å². The maximum atomic E-state index is 12.0. The number of nitrogens with zero attached hydrogens (tertiary/aromatic N) is 2. The van der Waals surface area contributed by atoms with Crippen LogP contribution in [0.25, 0.3) is 0 Å². The van der Waals surface area contributed by atoms with E-state index in [0.29, 0.717) is 18.2 Å². The highest BCUT2D eigenvalue weighted by Gasteiger charge is 2.18. The molecule has 1 unspecified atom stereocenters. The van der Waals surface area contributed by atoms with Gasteiger partial charge in [0.05, 0.1) is 18.9 Å². The molecular formula is C15H24N4O2S. The molecule has 6 nitrogen and oxygen atoms in total. The number of anilines is 1. The van der Waals surface area contributed by atoms with E-state index in [9.17, 15) is 4.79 Å². The van der Waals surface area contributed by atoms with E-state index in [1.54, 1.807) is 0 Å². The van der Waals surface area contributed by atoms with Gasteiger partial charge in [-0.05, 0) is 25.9 Å². The fourth-order valence-corrected chi connectivity index (χ4v) is 3.65. The molecule has 0 radical (unpaired) electrons. The van der Waals surface area contributed by atoms with Gasteiger partial charge in [0.2, 0.25) is 5.91 Å². The number of rotatable bonds is 5. The van der Waals surface area contributed by atoms with Crippen LogP contribution in [0, 0.1) is 0 Å². The third-order valence-corrected chi connectivity index (χ3v) is 4.87. The molecule has 0 bridgehead atoms. The van der Waals surface area contributed by atoms with Crippen LogP contribution in [0.3, 0.4) is 0 Å². The van der Waals surface area contributed by atoms with Crippen LogP contribution < -0.4 is 10.6 Å². The van der Waals surface area contributed by atoms with E-state index in [-0.39, 0.29) is 11.9 Å². The van der Waals surface area contributed by atoms with Crippen molar-refractivity contribution in [2.45, 2.75) is 38.3 Å². The summed E-state index contributed by atoms with van der Waals surface area (Å²) < 4.78 is 5.36. The standard InChI is InChI=1S/C15H24N4O2S/c20-14(8-12-10-21-7-4-16-12)18-15-17-13(11-22-15)9-19-5-2-1-3-6-19/h11-12,16H,1-10H2,(H,17,18,20). The number of carbonyl (C=O) groups is 1. The van der Waals surface area contributed by atoms with Gasteiger partial charge >= 0.3 is 0 Å². The Balaban J connectivity index is 1.45. The normalized spacial score (nSPS) is 23.4. The Kier molecular flexibility index (Phi) is 5.77. The molecule has 2 aliphatic heterocycles. The first-order chi connectivity index (χ1) is 10.8. The molecule has 3 heterocycles. The van der Waals surface area contributed by atoms with Crippen molar-refractivity contribution in [3.05, 3.63) is 11.1 Å². The molecular weight excluding hydrogens is 300 g/mol. The summed E-state index contributed by atoms with van der Waals surface area (Å²) in [5.74, 6) is 0.00173. The van der Waals surface area contributed by atoms with Crippen molar-refractivity contribution in [1.82, 2.24) is 15.2 Å². The van der Waals surface area contributed by atoms with Crippen LogP contribution in [-0.2, 0) is 16.1 Å². The van der Waals surface area contributed by atoms with Gasteiger partial charge in [-0.2, -0.15) is 0 Å². The minimum Gasteiger partial charge on any atom is -0.378 e. The minimum atomic E-state index is 0.00173. The lowest BCUT2D eigenvalue weighted by Gasteiger charge is -2.25. The highest BCUT2D eigenvalue weighted by atomic mass is 32.1. The van der Waals surface area contributed by atoms with Crippen LogP contribution in [-0.4, -0.2) is 54.7 Å². The Labute approximate surface area is 135 Å². The van der Waals surface area contributed by atoms with Crippen molar-refractivity contribution in [1.29, 1.82) is 0 Å². The predicted octanol–water partition coefficient (Wildman–Crippen LogP) is 1.45.